The number of pyridine rings is 1. The van der Waals surface area contributed by atoms with Crippen molar-refractivity contribution in [2.24, 2.45) is 0 Å². The second kappa shape index (κ2) is 9.54. The van der Waals surface area contributed by atoms with Gasteiger partial charge in [0.15, 0.2) is 0 Å². The Balaban J connectivity index is 1.45. The van der Waals surface area contributed by atoms with Gasteiger partial charge in [0.05, 0.1) is 12.1 Å². The molecule has 1 aliphatic rings. The average Bonchev–Trinajstić information content (AvgIpc) is 2.70. The molecular weight excluding hydrogens is 404 g/mol. The molecule has 1 aromatic heterocycles. The lowest BCUT2D eigenvalue weighted by Gasteiger charge is -2.32. The van der Waals surface area contributed by atoms with Gasteiger partial charge in [0.2, 0.25) is 0 Å². The van der Waals surface area contributed by atoms with E-state index < -0.39 is 0 Å². The van der Waals surface area contributed by atoms with Gasteiger partial charge in [0.25, 0.3) is 5.91 Å². The van der Waals surface area contributed by atoms with Crippen LogP contribution in [0.4, 0.5) is 5.82 Å². The van der Waals surface area contributed by atoms with Crippen LogP contribution in [0.25, 0.3) is 0 Å². The van der Waals surface area contributed by atoms with Crippen LogP contribution in [0.2, 0.25) is 0 Å². The van der Waals surface area contributed by atoms with Gasteiger partial charge in [-0.1, -0.05) is 34.0 Å². The van der Waals surface area contributed by atoms with E-state index in [1.165, 1.54) is 5.56 Å². The van der Waals surface area contributed by atoms with Crippen LogP contribution in [-0.4, -0.2) is 41.5 Å². The molecule has 0 spiro atoms. The van der Waals surface area contributed by atoms with E-state index in [0.29, 0.717) is 11.6 Å². The summed E-state index contributed by atoms with van der Waals surface area (Å²) in [7, 11) is 0. The highest BCUT2D eigenvalue weighted by atomic mass is 79.9. The fraction of sp³-hybridized carbons (Fsp3) is 0.333. The minimum Gasteiger partial charge on any atom is -0.367 e. The van der Waals surface area contributed by atoms with E-state index in [0.717, 1.165) is 42.8 Å². The Bertz CT molecular complexity index is 790. The molecule has 2 N–H and O–H groups in total. The van der Waals surface area contributed by atoms with Crippen LogP contribution >= 0.6 is 15.9 Å². The number of piperidine rings is 1. The van der Waals surface area contributed by atoms with E-state index in [1.807, 2.05) is 6.07 Å². The number of carbonyl (C=O) groups excluding carboxylic acids is 1. The number of nitrogens with zero attached hydrogens (tertiary/aromatic N) is 2. The maximum Gasteiger partial charge on any atom is 0.253 e. The van der Waals surface area contributed by atoms with Gasteiger partial charge in [-0.25, -0.2) is 4.98 Å². The Morgan fingerprint density at radius 1 is 1.22 bits per heavy atom. The standard InChI is InChI=1S/C21H23BrN4O/c1-2-11-23-21(27)17-5-8-20(24-14-17)25-19-9-12-26(13-10-19)15-16-3-6-18(22)7-4-16/h1,3-8,14,19H,9-13,15H2,(H,23,27)(H,24,25). The monoisotopic (exact) mass is 426 g/mol. The lowest BCUT2D eigenvalue weighted by Crippen LogP contribution is -2.38. The van der Waals surface area contributed by atoms with E-state index >= 15 is 0 Å². The summed E-state index contributed by atoms with van der Waals surface area (Å²) in [5, 5.41) is 6.11. The third-order valence-electron chi connectivity index (χ3n) is 4.64. The number of rotatable bonds is 6. The van der Waals surface area contributed by atoms with Crippen LogP contribution in [0.3, 0.4) is 0 Å². The van der Waals surface area contributed by atoms with Gasteiger partial charge in [0.1, 0.15) is 5.82 Å². The van der Waals surface area contributed by atoms with Crippen LogP contribution in [0.15, 0.2) is 47.1 Å². The van der Waals surface area contributed by atoms with Gasteiger partial charge in [-0.2, -0.15) is 0 Å². The molecule has 1 aliphatic heterocycles. The second-order valence-electron chi connectivity index (χ2n) is 6.64. The molecule has 5 nitrogen and oxygen atoms in total. The molecule has 3 rings (SSSR count). The molecule has 0 saturated carbocycles. The van der Waals surface area contributed by atoms with Gasteiger partial charge in [-0.3, -0.25) is 9.69 Å². The number of amides is 1. The van der Waals surface area contributed by atoms with E-state index in [1.54, 1.807) is 12.3 Å². The van der Waals surface area contributed by atoms with Crippen molar-refractivity contribution < 1.29 is 4.79 Å². The molecule has 1 aromatic carbocycles. The maximum absolute atomic E-state index is 11.8. The zero-order chi connectivity index (χ0) is 19.1. The second-order valence-corrected chi connectivity index (χ2v) is 7.56. The largest absolute Gasteiger partial charge is 0.367 e. The number of benzene rings is 1. The van der Waals surface area contributed by atoms with Crippen molar-refractivity contribution in [2.75, 3.05) is 25.0 Å². The van der Waals surface area contributed by atoms with Crippen molar-refractivity contribution in [3.8, 4) is 12.3 Å². The molecule has 0 unspecified atom stereocenters. The number of halogens is 1. The highest BCUT2D eigenvalue weighted by Crippen LogP contribution is 2.18. The Morgan fingerprint density at radius 2 is 1.96 bits per heavy atom. The average molecular weight is 427 g/mol. The normalized spacial score (nSPS) is 15.1. The lowest BCUT2D eigenvalue weighted by molar-refractivity contribution is 0.0958. The van der Waals surface area contributed by atoms with Crippen molar-refractivity contribution in [1.82, 2.24) is 15.2 Å². The molecule has 1 amide bonds. The molecule has 140 valence electrons. The molecule has 0 aliphatic carbocycles. The number of hydrogen-bond donors (Lipinski definition) is 2. The molecule has 1 saturated heterocycles. The summed E-state index contributed by atoms with van der Waals surface area (Å²) in [6.07, 6.45) is 8.87. The minimum absolute atomic E-state index is 0.201. The molecule has 27 heavy (non-hydrogen) atoms. The van der Waals surface area contributed by atoms with Gasteiger partial charge in [-0.15, -0.1) is 6.42 Å². The zero-order valence-electron chi connectivity index (χ0n) is 15.1. The number of aromatic nitrogens is 1. The predicted molar refractivity (Wildman–Crippen MR) is 111 cm³/mol. The van der Waals surface area contributed by atoms with Gasteiger partial charge < -0.3 is 10.6 Å². The third kappa shape index (κ3) is 5.81. The van der Waals surface area contributed by atoms with Gasteiger partial charge in [-0.05, 0) is 42.7 Å². The predicted octanol–water partition coefficient (Wildman–Crippen LogP) is 3.28. The summed E-state index contributed by atoms with van der Waals surface area (Å²) < 4.78 is 1.11. The quantitative estimate of drug-likeness (QED) is 0.695. The smallest absolute Gasteiger partial charge is 0.253 e. The number of hydrogen-bond acceptors (Lipinski definition) is 4. The fourth-order valence-corrected chi connectivity index (χ4v) is 3.40. The van der Waals surface area contributed by atoms with E-state index in [4.69, 9.17) is 6.42 Å². The number of terminal acetylenes is 1. The van der Waals surface area contributed by atoms with Crippen LogP contribution in [0.5, 0.6) is 0 Å². The SMILES string of the molecule is C#CCNC(=O)c1ccc(NC2CCN(Cc3ccc(Br)cc3)CC2)nc1. The minimum atomic E-state index is -0.201. The molecule has 1 fully saturated rings. The highest BCUT2D eigenvalue weighted by Gasteiger charge is 2.19. The van der Waals surface area contributed by atoms with E-state index in [-0.39, 0.29) is 12.5 Å². The van der Waals surface area contributed by atoms with Crippen molar-refractivity contribution >= 4 is 27.7 Å². The van der Waals surface area contributed by atoms with Crippen molar-refractivity contribution in [2.45, 2.75) is 25.4 Å². The Morgan fingerprint density at radius 3 is 2.59 bits per heavy atom. The molecule has 0 radical (unpaired) electrons. The van der Waals surface area contributed by atoms with Crippen molar-refractivity contribution in [3.05, 3.63) is 58.2 Å². The summed E-state index contributed by atoms with van der Waals surface area (Å²) in [4.78, 5) is 18.7. The Hall–Kier alpha value is -2.36. The third-order valence-corrected chi connectivity index (χ3v) is 5.16. The zero-order valence-corrected chi connectivity index (χ0v) is 16.7. The molecule has 2 aromatic rings. The number of anilines is 1. The highest BCUT2D eigenvalue weighted by molar-refractivity contribution is 9.10. The van der Waals surface area contributed by atoms with Gasteiger partial charge in [0, 0.05) is 36.3 Å². The number of carbonyl (C=O) groups is 1. The summed E-state index contributed by atoms with van der Waals surface area (Å²) in [6.45, 7) is 3.32. The summed E-state index contributed by atoms with van der Waals surface area (Å²) >= 11 is 3.48. The maximum atomic E-state index is 11.8. The van der Waals surface area contributed by atoms with Crippen LogP contribution < -0.4 is 10.6 Å². The molecule has 0 atom stereocenters. The Labute approximate surface area is 168 Å². The van der Waals surface area contributed by atoms with Crippen molar-refractivity contribution in [3.63, 3.8) is 0 Å². The molecule has 6 heteroatoms. The molecule has 2 heterocycles. The van der Waals surface area contributed by atoms with Gasteiger partial charge >= 0.3 is 0 Å². The topological polar surface area (TPSA) is 57.3 Å². The summed E-state index contributed by atoms with van der Waals surface area (Å²) in [5.41, 5.74) is 1.85. The van der Waals surface area contributed by atoms with E-state index in [2.05, 4.69) is 66.6 Å². The first kappa shape index (κ1) is 19.4. The lowest BCUT2D eigenvalue weighted by atomic mass is 10.0. The van der Waals surface area contributed by atoms with Crippen molar-refractivity contribution in [1.29, 1.82) is 0 Å². The van der Waals surface area contributed by atoms with Crippen LogP contribution in [0.1, 0.15) is 28.8 Å². The fourth-order valence-electron chi connectivity index (χ4n) is 3.14. The van der Waals surface area contributed by atoms with Crippen LogP contribution in [-0.2, 0) is 6.54 Å². The Kier molecular flexibility index (Phi) is 6.86. The molecule has 0 bridgehead atoms. The van der Waals surface area contributed by atoms with E-state index in [9.17, 15) is 4.79 Å². The van der Waals surface area contributed by atoms with Crippen LogP contribution in [0, 0.1) is 12.3 Å². The first-order valence-corrected chi connectivity index (χ1v) is 9.84. The number of nitrogens with one attached hydrogen (secondary N) is 2. The molecular formula is C21H23BrN4O. The first-order valence-electron chi connectivity index (χ1n) is 9.05. The summed E-state index contributed by atoms with van der Waals surface area (Å²) in [5.74, 6) is 2.98. The first-order chi connectivity index (χ1) is 13.1. The summed E-state index contributed by atoms with van der Waals surface area (Å²) in [6, 6.07) is 12.5. The number of likely N-dealkylation sites (tertiary alicyclic amines) is 1.